The highest BCUT2D eigenvalue weighted by Gasteiger charge is 2.67. The van der Waals surface area contributed by atoms with Crippen LogP contribution < -0.4 is 0 Å². The largest absolute Gasteiger partial charge is 0.481 e. The maximum absolute atomic E-state index is 11.5. The van der Waals surface area contributed by atoms with Gasteiger partial charge in [-0.25, -0.2) is 0 Å². The Bertz CT molecular complexity index is 297. The van der Waals surface area contributed by atoms with Crippen LogP contribution in [0.5, 0.6) is 0 Å². The van der Waals surface area contributed by atoms with E-state index in [-0.39, 0.29) is 17.1 Å². The molecule has 13 heavy (non-hydrogen) atoms. The molecule has 3 nitrogen and oxygen atoms in total. The van der Waals surface area contributed by atoms with Gasteiger partial charge in [-0.2, -0.15) is 0 Å². The zero-order chi connectivity index (χ0) is 9.85. The van der Waals surface area contributed by atoms with Crippen molar-refractivity contribution in [3.63, 3.8) is 0 Å². The highest BCUT2D eigenvalue weighted by atomic mass is 16.4. The number of carbonyl (C=O) groups is 2. The first-order valence-corrected chi connectivity index (χ1v) is 4.68. The van der Waals surface area contributed by atoms with Crippen LogP contribution in [0.4, 0.5) is 0 Å². The van der Waals surface area contributed by atoms with Gasteiger partial charge in [0.15, 0.2) is 0 Å². The average Bonchev–Trinajstić information content (AvgIpc) is 2.35. The maximum atomic E-state index is 11.5. The molecule has 0 saturated heterocycles. The molecule has 0 aliphatic heterocycles. The molecule has 0 unspecified atom stereocenters. The molecular weight excluding hydrogens is 168 g/mol. The van der Waals surface area contributed by atoms with Crippen molar-refractivity contribution < 1.29 is 14.7 Å². The maximum Gasteiger partial charge on any atom is 0.310 e. The molecule has 0 spiro atoms. The van der Waals surface area contributed by atoms with Crippen molar-refractivity contribution >= 4 is 11.8 Å². The second-order valence-corrected chi connectivity index (χ2v) is 4.80. The summed E-state index contributed by atoms with van der Waals surface area (Å²) in [6, 6.07) is 0. The van der Waals surface area contributed by atoms with Gasteiger partial charge in [0.1, 0.15) is 5.78 Å². The van der Waals surface area contributed by atoms with Gasteiger partial charge in [0.05, 0.1) is 5.41 Å². The van der Waals surface area contributed by atoms with Crippen molar-refractivity contribution in [2.75, 3.05) is 0 Å². The van der Waals surface area contributed by atoms with Crippen molar-refractivity contribution in [2.45, 2.75) is 33.1 Å². The van der Waals surface area contributed by atoms with Crippen LogP contribution in [0.2, 0.25) is 0 Å². The molecule has 2 aliphatic carbocycles. The molecule has 72 valence electrons. The summed E-state index contributed by atoms with van der Waals surface area (Å²) in [7, 11) is 0. The van der Waals surface area contributed by atoms with Gasteiger partial charge in [-0.05, 0) is 25.2 Å². The van der Waals surface area contributed by atoms with Gasteiger partial charge in [-0.1, -0.05) is 6.92 Å². The summed E-state index contributed by atoms with van der Waals surface area (Å²) in [5, 5.41) is 9.18. The van der Waals surface area contributed by atoms with Crippen LogP contribution in [0, 0.1) is 16.7 Å². The van der Waals surface area contributed by atoms with Crippen LogP contribution in [0.25, 0.3) is 0 Å². The SMILES string of the molecule is C[C@]12CC[C@H](C(=O)C1)[C@@]2(C)C(=O)O. The van der Waals surface area contributed by atoms with E-state index in [2.05, 4.69) is 0 Å². The lowest BCUT2D eigenvalue weighted by atomic mass is 9.69. The number of rotatable bonds is 1. The predicted octanol–water partition coefficient (Wildman–Crippen LogP) is 1.47. The minimum atomic E-state index is -0.802. The van der Waals surface area contributed by atoms with Gasteiger partial charge >= 0.3 is 5.97 Å². The molecule has 2 bridgehead atoms. The van der Waals surface area contributed by atoms with Crippen LogP contribution in [-0.4, -0.2) is 16.9 Å². The van der Waals surface area contributed by atoms with Crippen LogP contribution in [0.15, 0.2) is 0 Å². The lowest BCUT2D eigenvalue weighted by Gasteiger charge is -2.32. The lowest BCUT2D eigenvalue weighted by molar-refractivity contribution is -0.154. The highest BCUT2D eigenvalue weighted by molar-refractivity contribution is 5.94. The third-order valence-corrected chi connectivity index (χ3v) is 4.33. The number of hydrogen-bond acceptors (Lipinski definition) is 2. The molecule has 0 heterocycles. The first kappa shape index (κ1) is 8.73. The van der Waals surface area contributed by atoms with Crippen LogP contribution in [0.1, 0.15) is 33.1 Å². The van der Waals surface area contributed by atoms with E-state index in [0.29, 0.717) is 6.42 Å². The third-order valence-electron chi connectivity index (χ3n) is 4.33. The van der Waals surface area contributed by atoms with E-state index in [4.69, 9.17) is 0 Å². The molecule has 0 aromatic heterocycles. The Balaban J connectivity index is 2.51. The van der Waals surface area contributed by atoms with Crippen molar-refractivity contribution in [1.29, 1.82) is 0 Å². The summed E-state index contributed by atoms with van der Waals surface area (Å²) in [6.45, 7) is 3.67. The third kappa shape index (κ3) is 0.754. The van der Waals surface area contributed by atoms with Crippen molar-refractivity contribution in [3.8, 4) is 0 Å². The Morgan fingerprint density at radius 1 is 1.54 bits per heavy atom. The first-order valence-electron chi connectivity index (χ1n) is 4.68. The van der Waals surface area contributed by atoms with Gasteiger partial charge in [-0.15, -0.1) is 0 Å². The van der Waals surface area contributed by atoms with Gasteiger partial charge in [-0.3, -0.25) is 9.59 Å². The molecule has 0 amide bonds. The fourth-order valence-electron chi connectivity index (χ4n) is 3.10. The number of fused-ring (bicyclic) bond motifs is 2. The van der Waals surface area contributed by atoms with Crippen LogP contribution >= 0.6 is 0 Å². The normalized spacial score (nSPS) is 48.5. The second kappa shape index (κ2) is 2.14. The van der Waals surface area contributed by atoms with Crippen molar-refractivity contribution in [2.24, 2.45) is 16.7 Å². The summed E-state index contributed by atoms with van der Waals surface area (Å²) in [6.07, 6.45) is 2.10. The molecule has 3 heteroatoms. The summed E-state index contributed by atoms with van der Waals surface area (Å²) < 4.78 is 0. The zero-order valence-corrected chi connectivity index (χ0v) is 7.96. The number of aliphatic carboxylic acids is 1. The summed E-state index contributed by atoms with van der Waals surface area (Å²) >= 11 is 0. The molecule has 2 aliphatic rings. The summed E-state index contributed by atoms with van der Waals surface area (Å²) in [5.74, 6) is -0.878. The van der Waals surface area contributed by atoms with Gasteiger partial charge in [0.25, 0.3) is 0 Å². The van der Waals surface area contributed by atoms with E-state index in [1.54, 1.807) is 6.92 Å². The molecule has 0 aromatic carbocycles. The molecular formula is C10H14O3. The first-order chi connectivity index (χ1) is 5.92. The molecule has 0 aromatic rings. The van der Waals surface area contributed by atoms with E-state index in [0.717, 1.165) is 12.8 Å². The standard InChI is InChI=1S/C10H14O3/c1-9-4-3-6(7(11)5-9)10(9,2)8(12)13/h6H,3-5H2,1-2H3,(H,12,13)/t6-,9+,10+/m1/s1. The van der Waals surface area contributed by atoms with Gasteiger partial charge in [0, 0.05) is 12.3 Å². The average molecular weight is 182 g/mol. The van der Waals surface area contributed by atoms with E-state index in [1.807, 2.05) is 6.92 Å². The molecule has 2 fully saturated rings. The second-order valence-electron chi connectivity index (χ2n) is 4.80. The molecule has 0 radical (unpaired) electrons. The number of carboxylic acid groups (broad SMARTS) is 1. The number of carbonyl (C=O) groups excluding carboxylic acids is 1. The number of Topliss-reactive ketones (excluding diaryl/α,β-unsaturated/α-hetero) is 1. The van der Waals surface area contributed by atoms with E-state index < -0.39 is 11.4 Å². The number of carboxylic acids is 1. The molecule has 2 saturated carbocycles. The number of ketones is 1. The smallest absolute Gasteiger partial charge is 0.310 e. The Kier molecular flexibility index (Phi) is 1.44. The Morgan fingerprint density at radius 2 is 2.15 bits per heavy atom. The zero-order valence-electron chi connectivity index (χ0n) is 7.96. The van der Waals surface area contributed by atoms with Crippen molar-refractivity contribution in [3.05, 3.63) is 0 Å². The highest BCUT2D eigenvalue weighted by Crippen LogP contribution is 2.64. The van der Waals surface area contributed by atoms with E-state index in [1.165, 1.54) is 0 Å². The topological polar surface area (TPSA) is 54.4 Å². The van der Waals surface area contributed by atoms with Crippen molar-refractivity contribution in [1.82, 2.24) is 0 Å². The molecule has 1 N–H and O–H groups in total. The quantitative estimate of drug-likeness (QED) is 0.668. The van der Waals surface area contributed by atoms with E-state index >= 15 is 0 Å². The van der Waals surface area contributed by atoms with E-state index in [9.17, 15) is 14.7 Å². The molecule has 2 rings (SSSR count). The summed E-state index contributed by atoms with van der Waals surface area (Å²) in [5.41, 5.74) is -1.09. The number of hydrogen-bond donors (Lipinski definition) is 1. The minimum Gasteiger partial charge on any atom is -0.481 e. The van der Waals surface area contributed by atoms with Gasteiger partial charge < -0.3 is 5.11 Å². The molecule has 3 atom stereocenters. The Hall–Kier alpha value is -0.860. The summed E-state index contributed by atoms with van der Waals surface area (Å²) in [4.78, 5) is 22.7. The fourth-order valence-corrected chi connectivity index (χ4v) is 3.10. The minimum absolute atomic E-state index is 0.152. The van der Waals surface area contributed by atoms with Crippen LogP contribution in [-0.2, 0) is 9.59 Å². The lowest BCUT2D eigenvalue weighted by Crippen LogP contribution is -2.38. The monoisotopic (exact) mass is 182 g/mol. The fraction of sp³-hybridized carbons (Fsp3) is 0.800. The predicted molar refractivity (Wildman–Crippen MR) is 46.2 cm³/mol. The Morgan fingerprint density at radius 3 is 2.38 bits per heavy atom. The Labute approximate surface area is 77.1 Å². The van der Waals surface area contributed by atoms with Crippen LogP contribution in [0.3, 0.4) is 0 Å². The van der Waals surface area contributed by atoms with Gasteiger partial charge in [0.2, 0.25) is 0 Å².